The summed E-state index contributed by atoms with van der Waals surface area (Å²) in [6, 6.07) is 13.9. The van der Waals surface area contributed by atoms with Crippen LogP contribution in [0.5, 0.6) is 0 Å². The Morgan fingerprint density at radius 3 is 2.68 bits per heavy atom. The minimum atomic E-state index is 0.816. The quantitative estimate of drug-likeness (QED) is 0.748. The number of hydrogen-bond donors (Lipinski definition) is 2. The smallest absolute Gasteiger partial charge is 0.132 e. The minimum Gasteiger partial charge on any atom is -0.373 e. The van der Waals surface area contributed by atoms with Crippen LogP contribution in [0, 0.1) is 0 Å². The molecule has 0 unspecified atom stereocenters. The molecule has 0 atom stereocenters. The Bertz CT molecular complexity index is 704. The van der Waals surface area contributed by atoms with Crippen molar-refractivity contribution >= 4 is 28.1 Å². The van der Waals surface area contributed by atoms with Gasteiger partial charge >= 0.3 is 0 Å². The van der Waals surface area contributed by atoms with Gasteiger partial charge < -0.3 is 10.6 Å². The number of benzene rings is 1. The second-order valence-corrected chi connectivity index (χ2v) is 4.19. The average Bonchev–Trinajstić information content (AvgIpc) is 2.48. The molecular formula is C15H14N4. The molecule has 4 heteroatoms. The molecule has 0 bridgehead atoms. The summed E-state index contributed by atoms with van der Waals surface area (Å²) < 4.78 is 0. The van der Waals surface area contributed by atoms with E-state index in [1.54, 1.807) is 6.20 Å². The van der Waals surface area contributed by atoms with Crippen molar-refractivity contribution in [2.75, 3.05) is 17.7 Å². The van der Waals surface area contributed by atoms with Crippen molar-refractivity contribution in [2.45, 2.75) is 0 Å². The van der Waals surface area contributed by atoms with E-state index in [0.29, 0.717) is 0 Å². The van der Waals surface area contributed by atoms with Crippen LogP contribution in [0.3, 0.4) is 0 Å². The summed E-state index contributed by atoms with van der Waals surface area (Å²) in [5.74, 6) is 1.66. The van der Waals surface area contributed by atoms with Gasteiger partial charge in [0.15, 0.2) is 0 Å². The number of fused-ring (bicyclic) bond motifs is 1. The van der Waals surface area contributed by atoms with Crippen LogP contribution in [0.25, 0.3) is 10.8 Å². The van der Waals surface area contributed by atoms with Gasteiger partial charge in [0.25, 0.3) is 0 Å². The fourth-order valence-electron chi connectivity index (χ4n) is 2.01. The van der Waals surface area contributed by atoms with Crippen LogP contribution in [0.2, 0.25) is 0 Å². The molecule has 1 aromatic carbocycles. The van der Waals surface area contributed by atoms with Crippen LogP contribution in [-0.4, -0.2) is 17.0 Å². The Morgan fingerprint density at radius 2 is 1.79 bits per heavy atom. The van der Waals surface area contributed by atoms with Gasteiger partial charge in [-0.25, -0.2) is 4.98 Å². The zero-order valence-corrected chi connectivity index (χ0v) is 10.6. The Labute approximate surface area is 111 Å². The molecule has 0 spiro atoms. The lowest BCUT2D eigenvalue weighted by Gasteiger charge is -2.09. The Balaban J connectivity index is 2.01. The maximum atomic E-state index is 4.46. The lowest BCUT2D eigenvalue weighted by atomic mass is 10.1. The first kappa shape index (κ1) is 11.5. The fourth-order valence-corrected chi connectivity index (χ4v) is 2.01. The zero-order chi connectivity index (χ0) is 13.1. The second kappa shape index (κ2) is 4.94. The van der Waals surface area contributed by atoms with Crippen LogP contribution < -0.4 is 10.6 Å². The topological polar surface area (TPSA) is 49.8 Å². The molecule has 2 aromatic heterocycles. The van der Waals surface area contributed by atoms with Gasteiger partial charge in [-0.3, -0.25) is 4.98 Å². The maximum Gasteiger partial charge on any atom is 0.132 e. The summed E-state index contributed by atoms with van der Waals surface area (Å²) in [4.78, 5) is 8.59. The third kappa shape index (κ3) is 2.33. The van der Waals surface area contributed by atoms with Gasteiger partial charge in [-0.05, 0) is 24.3 Å². The predicted octanol–water partition coefficient (Wildman–Crippen LogP) is 3.42. The van der Waals surface area contributed by atoms with Crippen LogP contribution in [-0.2, 0) is 0 Å². The summed E-state index contributed by atoms with van der Waals surface area (Å²) >= 11 is 0. The largest absolute Gasteiger partial charge is 0.373 e. The van der Waals surface area contributed by atoms with Gasteiger partial charge in [0.05, 0.1) is 0 Å². The van der Waals surface area contributed by atoms with Crippen LogP contribution in [0.15, 0.2) is 54.9 Å². The standard InChI is InChI=1S/C15H14N4/c1-16-14-6-3-7-15(19-14)18-13-5-2-4-11-10-17-9-8-12(11)13/h2-10H,1H3,(H2,16,18,19). The molecule has 2 N–H and O–H groups in total. The van der Waals surface area contributed by atoms with Crippen molar-refractivity contribution in [3.05, 3.63) is 54.9 Å². The highest BCUT2D eigenvalue weighted by molar-refractivity contribution is 5.94. The third-order valence-electron chi connectivity index (χ3n) is 2.95. The zero-order valence-electron chi connectivity index (χ0n) is 10.6. The van der Waals surface area contributed by atoms with E-state index < -0.39 is 0 Å². The van der Waals surface area contributed by atoms with E-state index in [-0.39, 0.29) is 0 Å². The molecule has 0 amide bonds. The van der Waals surface area contributed by atoms with Crippen molar-refractivity contribution in [1.82, 2.24) is 9.97 Å². The van der Waals surface area contributed by atoms with Gasteiger partial charge in [-0.2, -0.15) is 0 Å². The number of aromatic nitrogens is 2. The van der Waals surface area contributed by atoms with E-state index in [0.717, 1.165) is 28.1 Å². The van der Waals surface area contributed by atoms with Crippen molar-refractivity contribution < 1.29 is 0 Å². The predicted molar refractivity (Wildman–Crippen MR) is 78.8 cm³/mol. The van der Waals surface area contributed by atoms with Gasteiger partial charge in [-0.1, -0.05) is 18.2 Å². The number of pyridine rings is 2. The molecule has 0 saturated carbocycles. The molecule has 0 aliphatic rings. The van der Waals surface area contributed by atoms with Crippen molar-refractivity contribution in [3.8, 4) is 0 Å². The molecule has 19 heavy (non-hydrogen) atoms. The van der Waals surface area contributed by atoms with Crippen LogP contribution in [0.4, 0.5) is 17.3 Å². The second-order valence-electron chi connectivity index (χ2n) is 4.19. The molecule has 3 aromatic rings. The highest BCUT2D eigenvalue weighted by Crippen LogP contribution is 2.25. The van der Waals surface area contributed by atoms with E-state index in [1.807, 2.05) is 55.7 Å². The molecule has 0 fully saturated rings. The molecule has 0 aliphatic carbocycles. The van der Waals surface area contributed by atoms with Gasteiger partial charge in [0.1, 0.15) is 11.6 Å². The van der Waals surface area contributed by atoms with E-state index in [2.05, 4.69) is 20.6 Å². The number of hydrogen-bond acceptors (Lipinski definition) is 4. The van der Waals surface area contributed by atoms with Gasteiger partial charge in [0.2, 0.25) is 0 Å². The lowest BCUT2D eigenvalue weighted by Crippen LogP contribution is -1.97. The lowest BCUT2D eigenvalue weighted by molar-refractivity contribution is 1.28. The SMILES string of the molecule is CNc1cccc(Nc2cccc3cnccc23)n1. The van der Waals surface area contributed by atoms with Crippen LogP contribution >= 0.6 is 0 Å². The van der Waals surface area contributed by atoms with Crippen molar-refractivity contribution in [1.29, 1.82) is 0 Å². The summed E-state index contributed by atoms with van der Waals surface area (Å²) in [6.07, 6.45) is 3.66. The molecule has 3 rings (SSSR count). The monoisotopic (exact) mass is 250 g/mol. The van der Waals surface area contributed by atoms with E-state index >= 15 is 0 Å². The Hall–Kier alpha value is -2.62. The first-order valence-electron chi connectivity index (χ1n) is 6.11. The highest BCUT2D eigenvalue weighted by atomic mass is 15.1. The van der Waals surface area contributed by atoms with Crippen LogP contribution in [0.1, 0.15) is 0 Å². The molecule has 0 aliphatic heterocycles. The molecular weight excluding hydrogens is 236 g/mol. The van der Waals surface area contributed by atoms with Gasteiger partial charge in [0, 0.05) is 35.9 Å². The maximum absolute atomic E-state index is 4.46. The fraction of sp³-hybridized carbons (Fsp3) is 0.0667. The third-order valence-corrected chi connectivity index (χ3v) is 2.95. The molecule has 0 radical (unpaired) electrons. The molecule has 94 valence electrons. The average molecular weight is 250 g/mol. The highest BCUT2D eigenvalue weighted by Gasteiger charge is 2.02. The number of nitrogens with one attached hydrogen (secondary N) is 2. The minimum absolute atomic E-state index is 0.816. The summed E-state index contributed by atoms with van der Waals surface area (Å²) in [5, 5.41) is 8.61. The summed E-state index contributed by atoms with van der Waals surface area (Å²) in [7, 11) is 1.86. The van der Waals surface area contributed by atoms with Crippen molar-refractivity contribution in [2.24, 2.45) is 0 Å². The first-order chi connectivity index (χ1) is 9.36. The Kier molecular flexibility index (Phi) is 2.98. The Morgan fingerprint density at radius 1 is 0.947 bits per heavy atom. The van der Waals surface area contributed by atoms with E-state index in [9.17, 15) is 0 Å². The van der Waals surface area contributed by atoms with E-state index in [4.69, 9.17) is 0 Å². The molecule has 0 saturated heterocycles. The molecule has 4 nitrogen and oxygen atoms in total. The summed E-state index contributed by atoms with van der Waals surface area (Å²) in [6.45, 7) is 0. The number of nitrogens with zero attached hydrogens (tertiary/aromatic N) is 2. The van der Waals surface area contributed by atoms with E-state index in [1.165, 1.54) is 0 Å². The normalized spacial score (nSPS) is 10.4. The number of rotatable bonds is 3. The first-order valence-corrected chi connectivity index (χ1v) is 6.11. The summed E-state index contributed by atoms with van der Waals surface area (Å²) in [5.41, 5.74) is 1.03. The molecule has 2 heterocycles. The van der Waals surface area contributed by atoms with Crippen molar-refractivity contribution in [3.63, 3.8) is 0 Å². The van der Waals surface area contributed by atoms with Gasteiger partial charge in [-0.15, -0.1) is 0 Å². The number of anilines is 3.